The molecule has 15 heavy (non-hydrogen) atoms. The summed E-state index contributed by atoms with van der Waals surface area (Å²) in [6.45, 7) is 0.917. The van der Waals surface area contributed by atoms with Gasteiger partial charge < -0.3 is 5.32 Å². The van der Waals surface area contributed by atoms with Crippen LogP contribution in [-0.2, 0) is 9.84 Å². The minimum Gasteiger partial charge on any atom is -0.313 e. The van der Waals surface area contributed by atoms with Gasteiger partial charge in [0.25, 0.3) is 0 Å². The third-order valence-corrected chi connectivity index (χ3v) is 4.60. The van der Waals surface area contributed by atoms with Crippen LogP contribution in [-0.4, -0.2) is 26.8 Å². The van der Waals surface area contributed by atoms with Crippen molar-refractivity contribution < 1.29 is 8.42 Å². The van der Waals surface area contributed by atoms with Crippen molar-refractivity contribution in [3.63, 3.8) is 0 Å². The first-order valence-corrected chi connectivity index (χ1v) is 6.83. The van der Waals surface area contributed by atoms with Crippen LogP contribution in [0.5, 0.6) is 0 Å². The molecule has 1 atom stereocenters. The van der Waals surface area contributed by atoms with E-state index >= 15 is 0 Å². The second-order valence-electron chi connectivity index (χ2n) is 3.68. The maximum absolute atomic E-state index is 11.9. The Morgan fingerprint density at radius 2 is 1.93 bits per heavy atom. The molecular formula is C10H12ClNO2S. The summed E-state index contributed by atoms with van der Waals surface area (Å²) < 4.78 is 23.7. The topological polar surface area (TPSA) is 46.2 Å². The van der Waals surface area contributed by atoms with Crippen LogP contribution in [0.15, 0.2) is 29.2 Å². The van der Waals surface area contributed by atoms with Gasteiger partial charge in [-0.3, -0.25) is 0 Å². The zero-order chi connectivity index (χ0) is 10.9. The van der Waals surface area contributed by atoms with E-state index in [4.69, 9.17) is 11.6 Å². The van der Waals surface area contributed by atoms with E-state index in [2.05, 4.69) is 5.32 Å². The molecule has 0 spiro atoms. The molecule has 0 aliphatic carbocycles. The highest BCUT2D eigenvalue weighted by atomic mass is 35.5. The molecule has 1 aliphatic rings. The van der Waals surface area contributed by atoms with Gasteiger partial charge in [0.05, 0.1) is 10.6 Å². The standard InChI is InChI=1S/C10H12ClNO2S/c11-8-1-3-10(4-2-8)15(13,14)7-9-5-6-12-9/h1-4,9,12H,5-7H2. The molecule has 0 radical (unpaired) electrons. The quantitative estimate of drug-likeness (QED) is 0.878. The lowest BCUT2D eigenvalue weighted by molar-refractivity contribution is 0.399. The van der Waals surface area contributed by atoms with E-state index in [1.165, 1.54) is 0 Å². The van der Waals surface area contributed by atoms with Crippen LogP contribution < -0.4 is 5.32 Å². The molecule has 3 nitrogen and oxygen atoms in total. The summed E-state index contributed by atoms with van der Waals surface area (Å²) in [4.78, 5) is 0.348. The predicted molar refractivity (Wildman–Crippen MR) is 59.9 cm³/mol. The van der Waals surface area contributed by atoms with Gasteiger partial charge >= 0.3 is 0 Å². The van der Waals surface area contributed by atoms with E-state index in [1.807, 2.05) is 0 Å². The molecule has 1 saturated heterocycles. The van der Waals surface area contributed by atoms with Crippen LogP contribution in [0.3, 0.4) is 0 Å². The monoisotopic (exact) mass is 245 g/mol. The molecule has 1 aromatic rings. The van der Waals surface area contributed by atoms with Crippen molar-refractivity contribution in [1.82, 2.24) is 5.32 Å². The molecule has 0 amide bonds. The van der Waals surface area contributed by atoms with Crippen LogP contribution in [0.1, 0.15) is 6.42 Å². The average Bonchev–Trinajstić information content (AvgIpc) is 2.13. The Labute approximate surface area is 94.4 Å². The molecule has 0 saturated carbocycles. The number of hydrogen-bond acceptors (Lipinski definition) is 3. The van der Waals surface area contributed by atoms with E-state index in [-0.39, 0.29) is 11.8 Å². The van der Waals surface area contributed by atoms with Crippen molar-refractivity contribution in [2.45, 2.75) is 17.4 Å². The molecule has 1 fully saturated rings. The molecule has 82 valence electrons. The summed E-state index contributed by atoms with van der Waals surface area (Å²) in [5.74, 6) is 0.175. The molecule has 5 heteroatoms. The normalized spacial score (nSPS) is 21.0. The summed E-state index contributed by atoms with van der Waals surface area (Å²) >= 11 is 5.70. The molecule has 1 unspecified atom stereocenters. The second kappa shape index (κ2) is 4.12. The summed E-state index contributed by atoms with van der Waals surface area (Å²) in [6.07, 6.45) is 0.937. The van der Waals surface area contributed by atoms with Crippen molar-refractivity contribution in [2.75, 3.05) is 12.3 Å². The van der Waals surface area contributed by atoms with Gasteiger partial charge in [0.15, 0.2) is 9.84 Å². The summed E-state index contributed by atoms with van der Waals surface area (Å²) in [5.41, 5.74) is 0. The van der Waals surface area contributed by atoms with Crippen molar-refractivity contribution >= 4 is 21.4 Å². The molecule has 1 heterocycles. The Bertz CT molecular complexity index is 437. The van der Waals surface area contributed by atoms with Gasteiger partial charge in [-0.15, -0.1) is 0 Å². The number of halogens is 1. The smallest absolute Gasteiger partial charge is 0.179 e. The second-order valence-corrected chi connectivity index (χ2v) is 6.15. The van der Waals surface area contributed by atoms with E-state index in [0.29, 0.717) is 9.92 Å². The van der Waals surface area contributed by atoms with E-state index in [0.717, 1.165) is 13.0 Å². The Balaban J connectivity index is 2.17. The van der Waals surface area contributed by atoms with Crippen LogP contribution in [0, 0.1) is 0 Å². The molecule has 0 bridgehead atoms. The molecule has 1 aliphatic heterocycles. The maximum atomic E-state index is 11.9. The average molecular weight is 246 g/mol. The van der Waals surface area contributed by atoms with Crippen LogP contribution in [0.25, 0.3) is 0 Å². The van der Waals surface area contributed by atoms with Crippen LogP contribution in [0.4, 0.5) is 0 Å². The third kappa shape index (κ3) is 2.51. The number of rotatable bonds is 3. The molecular weight excluding hydrogens is 234 g/mol. The van der Waals surface area contributed by atoms with Gasteiger partial charge in [-0.2, -0.15) is 0 Å². The SMILES string of the molecule is O=S(=O)(CC1CCN1)c1ccc(Cl)cc1. The predicted octanol–water partition coefficient (Wildman–Crippen LogP) is 1.48. The summed E-state index contributed by atoms with van der Waals surface area (Å²) in [6, 6.07) is 6.42. The Morgan fingerprint density at radius 1 is 1.33 bits per heavy atom. The number of benzene rings is 1. The van der Waals surface area contributed by atoms with Gasteiger partial charge in [0.1, 0.15) is 0 Å². The van der Waals surface area contributed by atoms with E-state index < -0.39 is 9.84 Å². The molecule has 0 aromatic heterocycles. The fourth-order valence-corrected chi connectivity index (χ4v) is 3.18. The number of hydrogen-bond donors (Lipinski definition) is 1. The van der Waals surface area contributed by atoms with Gasteiger partial charge in [0, 0.05) is 11.1 Å². The molecule has 1 aromatic carbocycles. The van der Waals surface area contributed by atoms with Crippen LogP contribution >= 0.6 is 11.6 Å². The van der Waals surface area contributed by atoms with E-state index in [9.17, 15) is 8.42 Å². The van der Waals surface area contributed by atoms with Crippen molar-refractivity contribution in [3.05, 3.63) is 29.3 Å². The fourth-order valence-electron chi connectivity index (χ4n) is 1.49. The summed E-state index contributed by atoms with van der Waals surface area (Å²) in [7, 11) is -3.16. The minimum absolute atomic E-state index is 0.116. The largest absolute Gasteiger partial charge is 0.313 e. The van der Waals surface area contributed by atoms with Gasteiger partial charge in [-0.1, -0.05) is 11.6 Å². The first-order valence-electron chi connectivity index (χ1n) is 4.80. The number of sulfone groups is 1. The lowest BCUT2D eigenvalue weighted by Crippen LogP contribution is -2.47. The fraction of sp³-hybridized carbons (Fsp3) is 0.400. The summed E-state index contributed by atoms with van der Waals surface area (Å²) in [5, 5.41) is 3.63. The number of nitrogens with one attached hydrogen (secondary N) is 1. The van der Waals surface area contributed by atoms with E-state index in [1.54, 1.807) is 24.3 Å². The van der Waals surface area contributed by atoms with Gasteiger partial charge in [-0.25, -0.2) is 8.42 Å². The third-order valence-electron chi connectivity index (χ3n) is 2.52. The highest BCUT2D eigenvalue weighted by Crippen LogP contribution is 2.17. The van der Waals surface area contributed by atoms with Crippen molar-refractivity contribution in [1.29, 1.82) is 0 Å². The molecule has 1 N–H and O–H groups in total. The lowest BCUT2D eigenvalue weighted by Gasteiger charge is -2.27. The lowest BCUT2D eigenvalue weighted by atomic mass is 10.1. The highest BCUT2D eigenvalue weighted by molar-refractivity contribution is 7.91. The zero-order valence-electron chi connectivity index (χ0n) is 8.11. The highest BCUT2D eigenvalue weighted by Gasteiger charge is 2.25. The van der Waals surface area contributed by atoms with Crippen molar-refractivity contribution in [3.8, 4) is 0 Å². The molecule has 2 rings (SSSR count). The maximum Gasteiger partial charge on any atom is 0.179 e. The minimum atomic E-state index is -3.16. The van der Waals surface area contributed by atoms with Crippen LogP contribution in [0.2, 0.25) is 5.02 Å². The first kappa shape index (κ1) is 10.9. The zero-order valence-corrected chi connectivity index (χ0v) is 9.68. The van der Waals surface area contributed by atoms with Crippen molar-refractivity contribution in [2.24, 2.45) is 0 Å². The Morgan fingerprint density at radius 3 is 2.40 bits per heavy atom. The Hall–Kier alpha value is -0.580. The van der Waals surface area contributed by atoms with Gasteiger partial charge in [0.2, 0.25) is 0 Å². The Kier molecular flexibility index (Phi) is 3.00. The van der Waals surface area contributed by atoms with Gasteiger partial charge in [-0.05, 0) is 37.2 Å². The first-order chi connectivity index (χ1) is 7.08.